The molecule has 0 spiro atoms. The summed E-state index contributed by atoms with van der Waals surface area (Å²) in [5.41, 5.74) is 0.155. The smallest absolute Gasteiger partial charge is 0.329 e. The van der Waals surface area contributed by atoms with E-state index in [-0.39, 0.29) is 11.4 Å². The number of phenols is 1. The summed E-state index contributed by atoms with van der Waals surface area (Å²) in [6, 6.07) is 8.01. The van der Waals surface area contributed by atoms with Gasteiger partial charge in [0.1, 0.15) is 17.1 Å². The predicted octanol–water partition coefficient (Wildman–Crippen LogP) is 1.00. The number of methoxy groups -OCH3 is 1. The van der Waals surface area contributed by atoms with Gasteiger partial charge in [0.15, 0.2) is 0 Å². The van der Waals surface area contributed by atoms with Crippen molar-refractivity contribution in [2.75, 3.05) is 7.11 Å². The van der Waals surface area contributed by atoms with E-state index >= 15 is 0 Å². The normalized spacial score (nSPS) is 10.8. The Hall–Kier alpha value is -3.09. The van der Waals surface area contributed by atoms with Crippen LogP contribution in [0.15, 0.2) is 39.9 Å². The number of pyridine rings is 1. The second kappa shape index (κ2) is 5.03. The van der Waals surface area contributed by atoms with Gasteiger partial charge in [-0.05, 0) is 24.3 Å². The third kappa shape index (κ3) is 2.12. The predicted molar refractivity (Wildman–Crippen MR) is 81.3 cm³/mol. The summed E-state index contributed by atoms with van der Waals surface area (Å²) in [5.74, 6) is 0.520. The van der Waals surface area contributed by atoms with Crippen molar-refractivity contribution in [3.05, 3.63) is 51.2 Å². The van der Waals surface area contributed by atoms with Crippen LogP contribution in [-0.4, -0.2) is 26.8 Å². The molecule has 0 saturated carbocycles. The molecule has 0 atom stereocenters. The number of aryl methyl sites for hydroxylation is 1. The fraction of sp³-hybridized carbons (Fsp3) is 0.133. The van der Waals surface area contributed by atoms with Crippen LogP contribution in [0.3, 0.4) is 0 Å². The minimum absolute atomic E-state index is 0.000963. The lowest BCUT2D eigenvalue weighted by Gasteiger charge is -2.08. The first-order chi connectivity index (χ1) is 10.5. The van der Waals surface area contributed by atoms with Crippen molar-refractivity contribution in [3.8, 4) is 22.8 Å². The van der Waals surface area contributed by atoms with Gasteiger partial charge in [0.05, 0.1) is 18.2 Å². The molecule has 0 aliphatic carbocycles. The van der Waals surface area contributed by atoms with Crippen molar-refractivity contribution in [1.29, 1.82) is 0 Å². The molecular weight excluding hydrogens is 286 g/mol. The maximum Gasteiger partial charge on any atom is 0.329 e. The van der Waals surface area contributed by atoms with E-state index in [1.807, 2.05) is 0 Å². The average Bonchev–Trinajstić information content (AvgIpc) is 2.52. The monoisotopic (exact) mass is 299 g/mol. The number of hydrogen-bond donors (Lipinski definition) is 2. The maximum atomic E-state index is 11.8. The van der Waals surface area contributed by atoms with Crippen LogP contribution in [0.4, 0.5) is 0 Å². The van der Waals surface area contributed by atoms with Gasteiger partial charge in [-0.15, -0.1) is 0 Å². The number of rotatable bonds is 2. The summed E-state index contributed by atoms with van der Waals surface area (Å²) in [6.07, 6.45) is 0. The minimum Gasteiger partial charge on any atom is -0.507 e. The van der Waals surface area contributed by atoms with Crippen LogP contribution in [-0.2, 0) is 7.05 Å². The fourth-order valence-electron chi connectivity index (χ4n) is 2.23. The third-order valence-electron chi connectivity index (χ3n) is 3.44. The molecule has 0 aliphatic rings. The lowest BCUT2D eigenvalue weighted by molar-refractivity contribution is 0.408. The molecule has 112 valence electrons. The van der Waals surface area contributed by atoms with E-state index in [4.69, 9.17) is 4.74 Å². The molecule has 0 fully saturated rings. The van der Waals surface area contributed by atoms with Crippen LogP contribution in [0.2, 0.25) is 0 Å². The summed E-state index contributed by atoms with van der Waals surface area (Å²) in [4.78, 5) is 30.0. The quantitative estimate of drug-likeness (QED) is 0.736. The molecule has 3 aromatic rings. The van der Waals surface area contributed by atoms with Crippen molar-refractivity contribution in [2.45, 2.75) is 0 Å². The molecule has 0 amide bonds. The Balaban J connectivity index is 2.27. The number of ether oxygens (including phenoxy) is 1. The van der Waals surface area contributed by atoms with Gasteiger partial charge in [-0.25, -0.2) is 9.78 Å². The second-order valence-corrected chi connectivity index (χ2v) is 4.77. The molecule has 22 heavy (non-hydrogen) atoms. The van der Waals surface area contributed by atoms with Crippen molar-refractivity contribution in [3.63, 3.8) is 0 Å². The highest BCUT2D eigenvalue weighted by molar-refractivity contribution is 5.79. The molecule has 0 saturated heterocycles. The highest BCUT2D eigenvalue weighted by atomic mass is 16.5. The largest absolute Gasteiger partial charge is 0.507 e. The molecule has 1 aromatic carbocycles. The zero-order valence-electron chi connectivity index (χ0n) is 12.0. The molecule has 0 bridgehead atoms. The third-order valence-corrected chi connectivity index (χ3v) is 3.44. The zero-order valence-corrected chi connectivity index (χ0v) is 12.0. The first-order valence-corrected chi connectivity index (χ1v) is 6.48. The number of aromatic nitrogens is 3. The van der Waals surface area contributed by atoms with Gasteiger partial charge < -0.3 is 9.84 Å². The number of nitrogens with zero attached hydrogens (tertiary/aromatic N) is 2. The Kier molecular flexibility index (Phi) is 3.17. The van der Waals surface area contributed by atoms with Gasteiger partial charge >= 0.3 is 5.69 Å². The molecule has 7 nitrogen and oxygen atoms in total. The molecule has 0 unspecified atom stereocenters. The number of nitrogens with one attached hydrogen (secondary N) is 1. The number of phenolic OH excluding ortho intramolecular Hbond substituents is 1. The van der Waals surface area contributed by atoms with Gasteiger partial charge in [-0.1, -0.05) is 0 Å². The van der Waals surface area contributed by atoms with E-state index in [0.29, 0.717) is 22.4 Å². The highest BCUT2D eigenvalue weighted by Crippen LogP contribution is 2.31. The van der Waals surface area contributed by atoms with Crippen molar-refractivity contribution in [1.82, 2.24) is 14.5 Å². The SMILES string of the molecule is COc1ccc(-c2ccc3c(=O)[nH]c(=O)n(C)c3n2)c(O)c1. The molecule has 2 aromatic heterocycles. The number of H-pyrrole nitrogens is 1. The van der Waals surface area contributed by atoms with Gasteiger partial charge in [0, 0.05) is 18.7 Å². The minimum atomic E-state index is -0.541. The molecular formula is C15H13N3O4. The van der Waals surface area contributed by atoms with E-state index < -0.39 is 11.2 Å². The van der Waals surface area contributed by atoms with Gasteiger partial charge in [0.25, 0.3) is 5.56 Å². The molecule has 0 aliphatic heterocycles. The van der Waals surface area contributed by atoms with Crippen LogP contribution in [0.25, 0.3) is 22.3 Å². The lowest BCUT2D eigenvalue weighted by atomic mass is 10.1. The van der Waals surface area contributed by atoms with Gasteiger partial charge in [-0.2, -0.15) is 0 Å². The number of benzene rings is 1. The Morgan fingerprint density at radius 2 is 2.00 bits per heavy atom. The number of aromatic hydroxyl groups is 1. The molecule has 2 heterocycles. The number of hydrogen-bond acceptors (Lipinski definition) is 5. The Labute approximate surface area is 124 Å². The van der Waals surface area contributed by atoms with Crippen LogP contribution < -0.4 is 16.0 Å². The van der Waals surface area contributed by atoms with Crippen LogP contribution in [0, 0.1) is 0 Å². The molecule has 3 rings (SSSR count). The van der Waals surface area contributed by atoms with E-state index in [0.717, 1.165) is 0 Å². The topological polar surface area (TPSA) is 97.2 Å². The van der Waals surface area contributed by atoms with E-state index in [1.165, 1.54) is 24.8 Å². The van der Waals surface area contributed by atoms with Crippen LogP contribution in [0.1, 0.15) is 0 Å². The van der Waals surface area contributed by atoms with Crippen molar-refractivity contribution >= 4 is 11.0 Å². The number of aromatic amines is 1. The summed E-state index contributed by atoms with van der Waals surface area (Å²) in [5, 5.41) is 10.4. The van der Waals surface area contributed by atoms with E-state index in [9.17, 15) is 14.7 Å². The maximum absolute atomic E-state index is 11.8. The lowest BCUT2D eigenvalue weighted by Crippen LogP contribution is -2.28. The summed E-state index contributed by atoms with van der Waals surface area (Å²) < 4.78 is 6.29. The average molecular weight is 299 g/mol. The van der Waals surface area contributed by atoms with E-state index in [1.54, 1.807) is 24.3 Å². The Morgan fingerprint density at radius 1 is 1.23 bits per heavy atom. The Bertz CT molecular complexity index is 988. The Morgan fingerprint density at radius 3 is 2.68 bits per heavy atom. The van der Waals surface area contributed by atoms with Crippen LogP contribution in [0.5, 0.6) is 11.5 Å². The highest BCUT2D eigenvalue weighted by Gasteiger charge is 2.11. The number of fused-ring (bicyclic) bond motifs is 1. The fourth-order valence-corrected chi connectivity index (χ4v) is 2.23. The molecule has 7 heteroatoms. The standard InChI is InChI=1S/C15H13N3O4/c1-18-13-10(14(20)17-15(18)21)5-6-11(16-13)9-4-3-8(22-2)7-12(9)19/h3-7,19H,1-2H3,(H,17,20,21). The first-order valence-electron chi connectivity index (χ1n) is 6.48. The van der Waals surface area contributed by atoms with Crippen molar-refractivity contribution < 1.29 is 9.84 Å². The zero-order chi connectivity index (χ0) is 15.9. The summed E-state index contributed by atoms with van der Waals surface area (Å²) >= 11 is 0. The van der Waals surface area contributed by atoms with Crippen LogP contribution >= 0.6 is 0 Å². The second-order valence-electron chi connectivity index (χ2n) is 4.77. The van der Waals surface area contributed by atoms with E-state index in [2.05, 4.69) is 9.97 Å². The summed E-state index contributed by atoms with van der Waals surface area (Å²) in [6.45, 7) is 0. The molecule has 2 N–H and O–H groups in total. The van der Waals surface area contributed by atoms with Gasteiger partial charge in [-0.3, -0.25) is 14.3 Å². The molecule has 0 radical (unpaired) electrons. The van der Waals surface area contributed by atoms with Gasteiger partial charge in [0.2, 0.25) is 0 Å². The van der Waals surface area contributed by atoms with Crippen molar-refractivity contribution in [2.24, 2.45) is 7.05 Å². The first kappa shape index (κ1) is 13.9. The summed E-state index contributed by atoms with van der Waals surface area (Å²) in [7, 11) is 3.02.